The van der Waals surface area contributed by atoms with Gasteiger partial charge in [-0.1, -0.05) is 12.1 Å². The summed E-state index contributed by atoms with van der Waals surface area (Å²) in [6.07, 6.45) is -3.83. The predicted molar refractivity (Wildman–Crippen MR) is 92.0 cm³/mol. The van der Waals surface area contributed by atoms with Crippen molar-refractivity contribution in [3.05, 3.63) is 29.3 Å². The quantitative estimate of drug-likeness (QED) is 0.403. The third-order valence-electron chi connectivity index (χ3n) is 3.22. The average Bonchev–Trinajstić information content (AvgIpc) is 2.54. The van der Waals surface area contributed by atoms with E-state index in [0.29, 0.717) is 32.1 Å². The molecule has 5 nitrogen and oxygen atoms in total. The van der Waals surface area contributed by atoms with E-state index < -0.39 is 12.8 Å². The molecule has 0 atom stereocenters. The average molecular weight is 361 g/mol. The number of benzene rings is 1. The molecule has 1 aromatic carbocycles. The van der Waals surface area contributed by atoms with Crippen molar-refractivity contribution < 1.29 is 22.6 Å². The fraction of sp³-hybridized carbons (Fsp3) is 0.588. The number of nitrogens with zero attached hydrogens (tertiary/aromatic N) is 1. The maximum atomic E-state index is 11.9. The predicted octanol–water partition coefficient (Wildman–Crippen LogP) is 3.03. The van der Waals surface area contributed by atoms with Crippen molar-refractivity contribution in [2.75, 3.05) is 33.4 Å². The normalized spacial score (nSPS) is 12.2. The first-order chi connectivity index (χ1) is 11.9. The minimum absolute atomic E-state index is 0.0377. The van der Waals surface area contributed by atoms with Crippen LogP contribution in [0.5, 0.6) is 5.75 Å². The number of ether oxygens (including phenoxy) is 2. The third-order valence-corrected chi connectivity index (χ3v) is 3.22. The van der Waals surface area contributed by atoms with E-state index in [-0.39, 0.29) is 6.61 Å². The van der Waals surface area contributed by atoms with Gasteiger partial charge in [0.1, 0.15) is 12.4 Å². The molecule has 0 radical (unpaired) electrons. The van der Waals surface area contributed by atoms with Crippen molar-refractivity contribution in [2.24, 2.45) is 4.99 Å². The molecule has 8 heteroatoms. The van der Waals surface area contributed by atoms with Crippen molar-refractivity contribution in [1.82, 2.24) is 10.6 Å². The molecule has 0 unspecified atom stereocenters. The van der Waals surface area contributed by atoms with Gasteiger partial charge in [0.05, 0.1) is 6.61 Å². The van der Waals surface area contributed by atoms with E-state index in [1.165, 1.54) is 0 Å². The van der Waals surface area contributed by atoms with E-state index in [1.807, 2.05) is 32.0 Å². The Morgan fingerprint density at radius 3 is 2.64 bits per heavy atom. The number of aliphatic imine (C=N–C) groups is 1. The Kier molecular flexibility index (Phi) is 9.12. The summed E-state index contributed by atoms with van der Waals surface area (Å²) in [5.74, 6) is 1.39. The van der Waals surface area contributed by atoms with E-state index in [0.717, 1.165) is 16.9 Å². The Morgan fingerprint density at radius 2 is 2.00 bits per heavy atom. The van der Waals surface area contributed by atoms with Crippen molar-refractivity contribution in [2.45, 2.75) is 33.0 Å². The molecule has 0 bridgehead atoms. The van der Waals surface area contributed by atoms with Crippen molar-refractivity contribution in [1.29, 1.82) is 0 Å². The third kappa shape index (κ3) is 9.19. The zero-order chi connectivity index (χ0) is 18.7. The Morgan fingerprint density at radius 1 is 1.24 bits per heavy atom. The summed E-state index contributed by atoms with van der Waals surface area (Å²) in [6.45, 7) is 4.33. The van der Waals surface area contributed by atoms with Crippen LogP contribution in [-0.2, 0) is 11.3 Å². The molecule has 0 aromatic heterocycles. The van der Waals surface area contributed by atoms with Crippen molar-refractivity contribution in [3.8, 4) is 5.75 Å². The number of nitrogens with one attached hydrogen (secondary N) is 2. The summed E-state index contributed by atoms with van der Waals surface area (Å²) in [7, 11) is 1.63. The fourth-order valence-electron chi connectivity index (χ4n) is 2.07. The van der Waals surface area contributed by atoms with Crippen LogP contribution in [0.15, 0.2) is 23.2 Å². The highest BCUT2D eigenvalue weighted by Gasteiger charge is 2.27. The van der Waals surface area contributed by atoms with Gasteiger partial charge in [-0.15, -0.1) is 0 Å². The van der Waals surface area contributed by atoms with Gasteiger partial charge in [-0.3, -0.25) is 4.99 Å². The van der Waals surface area contributed by atoms with Crippen LogP contribution in [-0.4, -0.2) is 45.5 Å². The smallest absolute Gasteiger partial charge is 0.411 e. The molecule has 0 aliphatic rings. The molecule has 0 aliphatic heterocycles. The number of alkyl halides is 3. The van der Waals surface area contributed by atoms with Crippen LogP contribution in [0.1, 0.15) is 24.5 Å². The SMILES string of the molecule is CCOc1cc(C)ccc1CNC(=NC)NCCCOCC(F)(F)F. The van der Waals surface area contributed by atoms with Crippen LogP contribution in [0.3, 0.4) is 0 Å². The molecule has 2 N–H and O–H groups in total. The van der Waals surface area contributed by atoms with Crippen LogP contribution < -0.4 is 15.4 Å². The molecule has 0 fully saturated rings. The van der Waals surface area contributed by atoms with Gasteiger partial charge in [0.2, 0.25) is 0 Å². The van der Waals surface area contributed by atoms with Crippen LogP contribution in [0.2, 0.25) is 0 Å². The fourth-order valence-corrected chi connectivity index (χ4v) is 2.07. The first kappa shape index (κ1) is 21.1. The highest BCUT2D eigenvalue weighted by Crippen LogP contribution is 2.20. The van der Waals surface area contributed by atoms with Gasteiger partial charge in [0, 0.05) is 32.3 Å². The maximum absolute atomic E-state index is 11.9. The van der Waals surface area contributed by atoms with E-state index in [9.17, 15) is 13.2 Å². The molecule has 0 spiro atoms. The van der Waals surface area contributed by atoms with Gasteiger partial charge in [0.25, 0.3) is 0 Å². The number of rotatable bonds is 9. The minimum atomic E-state index is -4.28. The maximum Gasteiger partial charge on any atom is 0.411 e. The van der Waals surface area contributed by atoms with Crippen LogP contribution in [0.25, 0.3) is 0 Å². The van der Waals surface area contributed by atoms with Gasteiger partial charge in [-0.05, 0) is 31.9 Å². The zero-order valence-electron chi connectivity index (χ0n) is 14.9. The number of hydrogen-bond donors (Lipinski definition) is 2. The lowest BCUT2D eigenvalue weighted by Crippen LogP contribution is -2.37. The lowest BCUT2D eigenvalue weighted by atomic mass is 10.1. The number of guanidine groups is 1. The van der Waals surface area contributed by atoms with Crippen molar-refractivity contribution >= 4 is 5.96 Å². The Hall–Kier alpha value is -1.96. The monoisotopic (exact) mass is 361 g/mol. The molecule has 0 amide bonds. The number of aryl methyl sites for hydroxylation is 1. The molecule has 1 rings (SSSR count). The first-order valence-corrected chi connectivity index (χ1v) is 8.17. The molecule has 25 heavy (non-hydrogen) atoms. The van der Waals surface area contributed by atoms with Gasteiger partial charge < -0.3 is 20.1 Å². The Bertz CT molecular complexity index is 548. The van der Waals surface area contributed by atoms with Gasteiger partial charge in [-0.2, -0.15) is 13.2 Å². The molecule has 142 valence electrons. The second-order valence-electron chi connectivity index (χ2n) is 5.42. The first-order valence-electron chi connectivity index (χ1n) is 8.17. The standard InChI is InChI=1S/C17H26F3N3O2/c1-4-25-15-10-13(2)6-7-14(15)11-23-16(21-3)22-8-5-9-24-12-17(18,19)20/h6-7,10H,4-5,8-9,11-12H2,1-3H3,(H2,21,22,23). The summed E-state index contributed by atoms with van der Waals surface area (Å²) >= 11 is 0. The number of halogens is 3. The molecule has 0 saturated carbocycles. The second kappa shape index (κ2) is 10.8. The lowest BCUT2D eigenvalue weighted by molar-refractivity contribution is -0.173. The van der Waals surface area contributed by atoms with E-state index in [2.05, 4.69) is 20.4 Å². The van der Waals surface area contributed by atoms with Crippen LogP contribution in [0.4, 0.5) is 13.2 Å². The second-order valence-corrected chi connectivity index (χ2v) is 5.42. The lowest BCUT2D eigenvalue weighted by Gasteiger charge is -2.15. The van der Waals surface area contributed by atoms with Crippen molar-refractivity contribution in [3.63, 3.8) is 0 Å². The molecule has 1 aromatic rings. The van der Waals surface area contributed by atoms with Crippen LogP contribution in [0, 0.1) is 6.92 Å². The topological polar surface area (TPSA) is 54.9 Å². The summed E-state index contributed by atoms with van der Waals surface area (Å²) in [5, 5.41) is 6.19. The Balaban J connectivity index is 2.35. The molecule has 0 saturated heterocycles. The molecule has 0 aliphatic carbocycles. The highest BCUT2D eigenvalue weighted by molar-refractivity contribution is 5.79. The molecular weight excluding hydrogens is 335 g/mol. The summed E-state index contributed by atoms with van der Waals surface area (Å²) in [6, 6.07) is 5.98. The minimum Gasteiger partial charge on any atom is -0.494 e. The highest BCUT2D eigenvalue weighted by atomic mass is 19.4. The van der Waals surface area contributed by atoms with Crippen LogP contribution >= 0.6 is 0 Å². The van der Waals surface area contributed by atoms with Gasteiger partial charge in [-0.25, -0.2) is 0 Å². The summed E-state index contributed by atoms with van der Waals surface area (Å²) in [4.78, 5) is 4.09. The summed E-state index contributed by atoms with van der Waals surface area (Å²) in [5.41, 5.74) is 2.12. The van der Waals surface area contributed by atoms with E-state index in [1.54, 1.807) is 7.05 Å². The molecular formula is C17H26F3N3O2. The number of hydrogen-bond acceptors (Lipinski definition) is 3. The largest absolute Gasteiger partial charge is 0.494 e. The van der Waals surface area contributed by atoms with E-state index in [4.69, 9.17) is 4.74 Å². The zero-order valence-corrected chi connectivity index (χ0v) is 14.9. The van der Waals surface area contributed by atoms with E-state index >= 15 is 0 Å². The molecule has 0 heterocycles. The Labute approximate surface area is 146 Å². The van der Waals surface area contributed by atoms with Gasteiger partial charge >= 0.3 is 6.18 Å². The van der Waals surface area contributed by atoms with Gasteiger partial charge in [0.15, 0.2) is 5.96 Å². The summed E-state index contributed by atoms with van der Waals surface area (Å²) < 4.78 is 46.0.